The van der Waals surface area contributed by atoms with Crippen molar-refractivity contribution in [3.63, 3.8) is 0 Å². The fraction of sp³-hybridized carbons (Fsp3) is 1.00. The summed E-state index contributed by atoms with van der Waals surface area (Å²) < 4.78 is 1.79. The molecule has 0 aromatic carbocycles. The van der Waals surface area contributed by atoms with Gasteiger partial charge in [0.1, 0.15) is 0 Å². The summed E-state index contributed by atoms with van der Waals surface area (Å²) >= 11 is 2.10. The van der Waals surface area contributed by atoms with Gasteiger partial charge < -0.3 is 0 Å². The van der Waals surface area contributed by atoms with Gasteiger partial charge in [0.05, 0.1) is 36.0 Å². The van der Waals surface area contributed by atoms with Crippen molar-refractivity contribution in [1.82, 2.24) is 3.22 Å². The highest BCUT2D eigenvalue weighted by Gasteiger charge is 1.98. The second kappa shape index (κ2) is 1.72. The van der Waals surface area contributed by atoms with Crippen LogP contribution in [0, 0.1) is 0 Å². The first-order valence-corrected chi connectivity index (χ1v) is 2.67. The highest BCUT2D eigenvalue weighted by Crippen LogP contribution is 2.04. The van der Waals surface area contributed by atoms with E-state index in [2.05, 4.69) is 33.2 Å². The predicted molar refractivity (Wildman–Crippen MR) is 30.4 cm³/mol. The second-order valence-corrected chi connectivity index (χ2v) is 2.13. The Kier molecular flexibility index (Phi) is 1.23. The van der Waals surface area contributed by atoms with Gasteiger partial charge in [-0.25, -0.2) is 3.22 Å². The van der Waals surface area contributed by atoms with Gasteiger partial charge in [0.2, 0.25) is 0 Å². The van der Waals surface area contributed by atoms with E-state index in [0.717, 1.165) is 13.1 Å². The summed E-state index contributed by atoms with van der Waals surface area (Å²) in [4.78, 5) is 0. The zero-order valence-corrected chi connectivity index (χ0v) is 5.29. The van der Waals surface area contributed by atoms with E-state index < -0.39 is 0 Å². The molecule has 1 heterocycles. The number of rotatable bonds is 0. The predicted octanol–water partition coefficient (Wildman–Crippen LogP) is 1.02. The molecule has 1 aliphatic heterocycles. The van der Waals surface area contributed by atoms with Crippen LogP contribution in [0.3, 0.4) is 0 Å². The normalized spacial score (nSPS) is 19.8. The standard InChI is InChI=1S/C2H4IN3/c3-6-2-1-4-5-6/h1-2H2. The SMILES string of the molecule is IN1CCN=N1. The lowest BCUT2D eigenvalue weighted by Crippen LogP contribution is -1.98. The van der Waals surface area contributed by atoms with Gasteiger partial charge in [0, 0.05) is 0 Å². The van der Waals surface area contributed by atoms with Crippen molar-refractivity contribution in [3.05, 3.63) is 0 Å². The van der Waals surface area contributed by atoms with E-state index in [1.165, 1.54) is 0 Å². The maximum absolute atomic E-state index is 3.71. The van der Waals surface area contributed by atoms with E-state index in [-0.39, 0.29) is 0 Å². The molecule has 4 heteroatoms. The highest BCUT2D eigenvalue weighted by atomic mass is 127. The van der Waals surface area contributed by atoms with Crippen LogP contribution in [0.5, 0.6) is 0 Å². The summed E-state index contributed by atoms with van der Waals surface area (Å²) in [6.07, 6.45) is 0. The molecular formula is C2H4IN3. The molecule has 0 bridgehead atoms. The number of hydrogen-bond donors (Lipinski definition) is 0. The van der Waals surface area contributed by atoms with Crippen molar-refractivity contribution in [1.29, 1.82) is 0 Å². The van der Waals surface area contributed by atoms with E-state index in [0.29, 0.717) is 0 Å². The van der Waals surface area contributed by atoms with Crippen LogP contribution in [0.2, 0.25) is 0 Å². The van der Waals surface area contributed by atoms with E-state index in [1.807, 2.05) is 0 Å². The van der Waals surface area contributed by atoms with Gasteiger partial charge in [-0.3, -0.25) is 0 Å². The molecule has 0 aromatic rings. The molecule has 6 heavy (non-hydrogen) atoms. The third kappa shape index (κ3) is 0.796. The van der Waals surface area contributed by atoms with Gasteiger partial charge in [-0.1, -0.05) is 5.22 Å². The molecule has 0 radical (unpaired) electrons. The summed E-state index contributed by atoms with van der Waals surface area (Å²) in [6.45, 7) is 1.84. The Morgan fingerprint density at radius 2 is 2.50 bits per heavy atom. The van der Waals surface area contributed by atoms with Crippen LogP contribution in [-0.4, -0.2) is 16.3 Å². The quantitative estimate of drug-likeness (QED) is 0.420. The Morgan fingerprint density at radius 3 is 2.67 bits per heavy atom. The Balaban J connectivity index is 2.38. The van der Waals surface area contributed by atoms with Crippen LogP contribution in [0.15, 0.2) is 10.3 Å². The molecule has 1 rings (SSSR count). The molecule has 0 aliphatic carbocycles. The monoisotopic (exact) mass is 197 g/mol. The Hall–Kier alpha value is 0.130. The highest BCUT2D eigenvalue weighted by molar-refractivity contribution is 14.1. The molecule has 1 aliphatic rings. The van der Waals surface area contributed by atoms with Crippen molar-refractivity contribution in [2.45, 2.75) is 0 Å². The lowest BCUT2D eigenvalue weighted by molar-refractivity contribution is 0.608. The maximum Gasteiger partial charge on any atom is 0.0822 e. The van der Waals surface area contributed by atoms with Crippen molar-refractivity contribution < 1.29 is 0 Å². The van der Waals surface area contributed by atoms with Crippen LogP contribution < -0.4 is 0 Å². The van der Waals surface area contributed by atoms with Crippen LogP contribution in [0.4, 0.5) is 0 Å². The third-order valence-electron chi connectivity index (χ3n) is 0.545. The molecule has 0 saturated carbocycles. The molecule has 0 spiro atoms. The van der Waals surface area contributed by atoms with Gasteiger partial charge in [-0.15, -0.1) is 0 Å². The topological polar surface area (TPSA) is 28.0 Å². The zero-order chi connectivity index (χ0) is 4.41. The molecule has 0 saturated heterocycles. The Labute approximate surface area is 49.9 Å². The molecule has 0 N–H and O–H groups in total. The minimum Gasteiger partial charge on any atom is -0.216 e. The lowest BCUT2D eigenvalue weighted by atomic mass is 10.7. The zero-order valence-electron chi connectivity index (χ0n) is 3.13. The molecule has 0 atom stereocenters. The van der Waals surface area contributed by atoms with Gasteiger partial charge in [0.15, 0.2) is 0 Å². The largest absolute Gasteiger partial charge is 0.216 e. The van der Waals surface area contributed by atoms with E-state index in [4.69, 9.17) is 0 Å². The summed E-state index contributed by atoms with van der Waals surface area (Å²) in [5, 5.41) is 7.39. The van der Waals surface area contributed by atoms with E-state index >= 15 is 0 Å². The minimum absolute atomic E-state index is 0.864. The fourth-order valence-electron chi connectivity index (χ4n) is 0.285. The number of hydrogen-bond acceptors (Lipinski definition) is 3. The molecule has 34 valence electrons. The van der Waals surface area contributed by atoms with Gasteiger partial charge in [-0.2, -0.15) is 5.11 Å². The first-order chi connectivity index (χ1) is 2.89. The maximum atomic E-state index is 3.71. The van der Waals surface area contributed by atoms with E-state index in [1.54, 1.807) is 3.22 Å². The van der Waals surface area contributed by atoms with Crippen molar-refractivity contribution in [2.75, 3.05) is 13.1 Å². The van der Waals surface area contributed by atoms with Crippen LogP contribution in [0.1, 0.15) is 0 Å². The van der Waals surface area contributed by atoms with Crippen molar-refractivity contribution >= 4 is 22.9 Å². The third-order valence-corrected chi connectivity index (χ3v) is 1.22. The summed E-state index contributed by atoms with van der Waals surface area (Å²) in [5.41, 5.74) is 0. The minimum atomic E-state index is 0.864. The first kappa shape index (κ1) is 4.29. The van der Waals surface area contributed by atoms with Gasteiger partial charge >= 0.3 is 0 Å². The molecule has 0 fully saturated rings. The smallest absolute Gasteiger partial charge is 0.0822 e. The van der Waals surface area contributed by atoms with Crippen molar-refractivity contribution in [3.8, 4) is 0 Å². The van der Waals surface area contributed by atoms with Crippen LogP contribution in [-0.2, 0) is 0 Å². The summed E-state index contributed by atoms with van der Waals surface area (Å²) in [6, 6.07) is 0. The Bertz CT molecular complexity index is 71.2. The number of halogens is 1. The van der Waals surface area contributed by atoms with Crippen molar-refractivity contribution in [2.24, 2.45) is 10.3 Å². The average Bonchev–Trinajstić information content (AvgIpc) is 1.86. The molecule has 0 amide bonds. The average molecular weight is 197 g/mol. The molecular weight excluding hydrogens is 193 g/mol. The van der Waals surface area contributed by atoms with Crippen LogP contribution in [0.25, 0.3) is 0 Å². The fourth-order valence-corrected chi connectivity index (χ4v) is 0.638. The number of nitrogens with zero attached hydrogens (tertiary/aromatic N) is 3. The molecule has 0 unspecified atom stereocenters. The second-order valence-electron chi connectivity index (χ2n) is 1.01. The lowest BCUT2D eigenvalue weighted by Gasteiger charge is -1.92. The van der Waals surface area contributed by atoms with Gasteiger partial charge in [0.25, 0.3) is 0 Å². The summed E-state index contributed by atoms with van der Waals surface area (Å²) in [7, 11) is 0. The van der Waals surface area contributed by atoms with Crippen LogP contribution >= 0.6 is 22.9 Å². The molecule has 3 nitrogen and oxygen atoms in total. The Morgan fingerprint density at radius 1 is 1.67 bits per heavy atom. The molecule has 0 aromatic heterocycles. The van der Waals surface area contributed by atoms with Gasteiger partial charge in [-0.05, 0) is 0 Å². The first-order valence-electron chi connectivity index (χ1n) is 1.70. The summed E-state index contributed by atoms with van der Waals surface area (Å²) in [5.74, 6) is 0. The van der Waals surface area contributed by atoms with E-state index in [9.17, 15) is 0 Å².